The summed E-state index contributed by atoms with van der Waals surface area (Å²) in [6, 6.07) is 5.25. The molecule has 2 aromatic rings. The summed E-state index contributed by atoms with van der Waals surface area (Å²) in [5, 5.41) is 24.3. The van der Waals surface area contributed by atoms with Crippen LogP contribution in [0.4, 0.5) is 0 Å². The summed E-state index contributed by atoms with van der Waals surface area (Å²) in [5.74, 6) is 0.837. The molecule has 0 unspecified atom stereocenters. The van der Waals surface area contributed by atoms with E-state index in [2.05, 4.69) is 25.4 Å². The lowest BCUT2D eigenvalue weighted by Crippen LogP contribution is -1.89. The minimum Gasteiger partial charge on any atom is -0.262 e. The van der Waals surface area contributed by atoms with Crippen LogP contribution in [0.5, 0.6) is 0 Å². The highest BCUT2D eigenvalue weighted by molar-refractivity contribution is 7.99. The van der Waals surface area contributed by atoms with Crippen LogP contribution in [0, 0.1) is 11.3 Å². The predicted molar refractivity (Wildman–Crippen MR) is 56.6 cm³/mol. The topological polar surface area (TPSA) is 91.1 Å². The zero-order valence-electron chi connectivity index (χ0n) is 8.51. The van der Waals surface area contributed by atoms with Gasteiger partial charge in [-0.15, -0.1) is 15.3 Å². The standard InChI is InChI=1S/C9H8N6S/c1-2-7-11-9(15-13-7)16-8-4-3-6(5-10)12-14-8/h3-4H,2H2,1H3,(H,11,13,15). The average Bonchev–Trinajstić information content (AvgIpc) is 2.78. The molecule has 6 nitrogen and oxygen atoms in total. The number of aryl methyl sites for hydroxylation is 1. The maximum Gasteiger partial charge on any atom is 0.214 e. The lowest BCUT2D eigenvalue weighted by Gasteiger charge is -1.93. The summed E-state index contributed by atoms with van der Waals surface area (Å²) < 4.78 is 0. The van der Waals surface area contributed by atoms with E-state index in [1.807, 2.05) is 13.0 Å². The Morgan fingerprint density at radius 2 is 2.31 bits per heavy atom. The quantitative estimate of drug-likeness (QED) is 0.854. The van der Waals surface area contributed by atoms with Crippen molar-refractivity contribution in [1.29, 1.82) is 5.26 Å². The zero-order chi connectivity index (χ0) is 11.4. The molecule has 7 heteroatoms. The molecule has 0 atom stereocenters. The summed E-state index contributed by atoms with van der Waals surface area (Å²) in [5.41, 5.74) is 0.300. The minimum absolute atomic E-state index is 0.300. The van der Waals surface area contributed by atoms with Gasteiger partial charge in [0.15, 0.2) is 5.69 Å². The molecule has 0 aliphatic heterocycles. The molecule has 0 aliphatic rings. The van der Waals surface area contributed by atoms with Gasteiger partial charge in [-0.05, 0) is 23.9 Å². The first-order valence-electron chi connectivity index (χ1n) is 4.64. The molecule has 2 rings (SSSR count). The maximum absolute atomic E-state index is 8.56. The van der Waals surface area contributed by atoms with Crippen molar-refractivity contribution in [2.45, 2.75) is 23.5 Å². The summed E-state index contributed by atoms with van der Waals surface area (Å²) in [7, 11) is 0. The minimum atomic E-state index is 0.300. The van der Waals surface area contributed by atoms with Gasteiger partial charge in [0.2, 0.25) is 5.16 Å². The lowest BCUT2D eigenvalue weighted by molar-refractivity contribution is 0.904. The first-order valence-corrected chi connectivity index (χ1v) is 5.46. The van der Waals surface area contributed by atoms with Crippen LogP contribution in [-0.4, -0.2) is 25.4 Å². The molecule has 0 aromatic carbocycles. The Bertz CT molecular complexity index is 512. The molecule has 0 spiro atoms. The van der Waals surface area contributed by atoms with E-state index in [9.17, 15) is 0 Å². The van der Waals surface area contributed by atoms with Crippen molar-refractivity contribution in [2.24, 2.45) is 0 Å². The van der Waals surface area contributed by atoms with E-state index in [1.54, 1.807) is 12.1 Å². The molecule has 0 amide bonds. The third-order valence-electron chi connectivity index (χ3n) is 1.80. The number of rotatable bonds is 3. The molecule has 2 heterocycles. The lowest BCUT2D eigenvalue weighted by atomic mass is 10.4. The van der Waals surface area contributed by atoms with Gasteiger partial charge >= 0.3 is 0 Å². The van der Waals surface area contributed by atoms with Gasteiger partial charge in [0.1, 0.15) is 16.9 Å². The van der Waals surface area contributed by atoms with Crippen LogP contribution >= 0.6 is 11.8 Å². The molecular weight excluding hydrogens is 224 g/mol. The van der Waals surface area contributed by atoms with Crippen LogP contribution in [-0.2, 0) is 6.42 Å². The van der Waals surface area contributed by atoms with Crippen LogP contribution in [0.2, 0.25) is 0 Å². The smallest absolute Gasteiger partial charge is 0.214 e. The van der Waals surface area contributed by atoms with E-state index in [0.717, 1.165) is 12.2 Å². The van der Waals surface area contributed by atoms with Crippen molar-refractivity contribution in [3.63, 3.8) is 0 Å². The SMILES string of the molecule is CCc1nc(Sc2ccc(C#N)nn2)n[nH]1. The Morgan fingerprint density at radius 3 is 2.88 bits per heavy atom. The van der Waals surface area contributed by atoms with Crippen molar-refractivity contribution < 1.29 is 0 Å². The fraction of sp³-hybridized carbons (Fsp3) is 0.222. The average molecular weight is 232 g/mol. The number of aromatic nitrogens is 5. The van der Waals surface area contributed by atoms with Crippen molar-refractivity contribution in [1.82, 2.24) is 25.4 Å². The molecule has 0 fully saturated rings. The van der Waals surface area contributed by atoms with Gasteiger partial charge < -0.3 is 0 Å². The second-order valence-corrected chi connectivity index (χ2v) is 3.88. The van der Waals surface area contributed by atoms with Crippen LogP contribution in [0.1, 0.15) is 18.4 Å². The monoisotopic (exact) mass is 232 g/mol. The van der Waals surface area contributed by atoms with Crippen LogP contribution < -0.4 is 0 Å². The Hall–Kier alpha value is -1.94. The van der Waals surface area contributed by atoms with Crippen LogP contribution in [0.25, 0.3) is 0 Å². The Kier molecular flexibility index (Phi) is 3.12. The van der Waals surface area contributed by atoms with Gasteiger partial charge in [0.05, 0.1) is 0 Å². The van der Waals surface area contributed by atoms with Gasteiger partial charge in [-0.1, -0.05) is 6.92 Å². The first-order chi connectivity index (χ1) is 7.81. The highest BCUT2D eigenvalue weighted by Crippen LogP contribution is 2.21. The molecule has 1 N–H and O–H groups in total. The molecule has 0 saturated carbocycles. The normalized spacial score (nSPS) is 10.0. The summed E-state index contributed by atoms with van der Waals surface area (Å²) in [6.45, 7) is 2.00. The Morgan fingerprint density at radius 1 is 1.44 bits per heavy atom. The molecule has 0 radical (unpaired) electrons. The first kappa shape index (κ1) is 10.6. The van der Waals surface area contributed by atoms with Crippen molar-refractivity contribution >= 4 is 11.8 Å². The second kappa shape index (κ2) is 4.72. The van der Waals surface area contributed by atoms with Gasteiger partial charge in [0, 0.05) is 6.42 Å². The predicted octanol–water partition coefficient (Wildman–Crippen LogP) is 1.18. The Balaban J connectivity index is 2.11. The maximum atomic E-state index is 8.56. The number of nitriles is 1. The highest BCUT2D eigenvalue weighted by Gasteiger charge is 2.05. The molecule has 0 saturated heterocycles. The molecule has 16 heavy (non-hydrogen) atoms. The number of aromatic amines is 1. The molecule has 0 bridgehead atoms. The second-order valence-electron chi connectivity index (χ2n) is 2.89. The third-order valence-corrected chi connectivity index (χ3v) is 2.59. The van der Waals surface area contributed by atoms with Crippen molar-refractivity contribution in [3.05, 3.63) is 23.7 Å². The van der Waals surface area contributed by atoms with E-state index in [4.69, 9.17) is 5.26 Å². The molecular formula is C9H8N6S. The van der Waals surface area contributed by atoms with Crippen molar-refractivity contribution in [3.8, 4) is 6.07 Å². The van der Waals surface area contributed by atoms with Crippen LogP contribution in [0.15, 0.2) is 22.3 Å². The number of H-pyrrole nitrogens is 1. The van der Waals surface area contributed by atoms with E-state index >= 15 is 0 Å². The zero-order valence-corrected chi connectivity index (χ0v) is 9.32. The van der Waals surface area contributed by atoms with E-state index in [0.29, 0.717) is 15.9 Å². The molecule has 2 aromatic heterocycles. The van der Waals surface area contributed by atoms with Gasteiger partial charge in [-0.2, -0.15) is 5.26 Å². The number of hydrogen-bond donors (Lipinski definition) is 1. The Labute approximate surface area is 96.1 Å². The van der Waals surface area contributed by atoms with Gasteiger partial charge in [0.25, 0.3) is 0 Å². The fourth-order valence-corrected chi connectivity index (χ4v) is 1.66. The van der Waals surface area contributed by atoms with Gasteiger partial charge in [-0.3, -0.25) is 5.10 Å². The van der Waals surface area contributed by atoms with E-state index in [1.165, 1.54) is 11.8 Å². The molecule has 0 aliphatic carbocycles. The third kappa shape index (κ3) is 2.35. The highest BCUT2D eigenvalue weighted by atomic mass is 32.2. The number of hydrogen-bond acceptors (Lipinski definition) is 6. The summed E-state index contributed by atoms with van der Waals surface area (Å²) >= 11 is 1.31. The fourth-order valence-electron chi connectivity index (χ4n) is 1.01. The largest absolute Gasteiger partial charge is 0.262 e. The number of nitrogens with one attached hydrogen (secondary N) is 1. The molecule has 80 valence electrons. The van der Waals surface area contributed by atoms with Gasteiger partial charge in [-0.25, -0.2) is 4.98 Å². The van der Waals surface area contributed by atoms with Crippen molar-refractivity contribution in [2.75, 3.05) is 0 Å². The summed E-state index contributed by atoms with van der Waals surface area (Å²) in [6.07, 6.45) is 0.812. The van der Waals surface area contributed by atoms with E-state index in [-0.39, 0.29) is 0 Å². The van der Waals surface area contributed by atoms with E-state index < -0.39 is 0 Å². The number of nitrogens with zero attached hydrogens (tertiary/aromatic N) is 5. The summed E-state index contributed by atoms with van der Waals surface area (Å²) in [4.78, 5) is 4.23. The van der Waals surface area contributed by atoms with Crippen LogP contribution in [0.3, 0.4) is 0 Å².